The fourth-order valence-electron chi connectivity index (χ4n) is 1.89. The number of nitrogens with zero attached hydrogens (tertiary/aromatic N) is 1. The number of hydrogen-bond donors (Lipinski definition) is 1. The molecule has 0 fully saturated rings. The smallest absolute Gasteiger partial charge is 0.212 e. The van der Waals surface area contributed by atoms with Crippen LogP contribution in [0.3, 0.4) is 0 Å². The molecule has 0 aliphatic carbocycles. The highest BCUT2D eigenvalue weighted by Crippen LogP contribution is 2.22. The maximum absolute atomic E-state index is 11.5. The molecule has 4 nitrogen and oxygen atoms in total. The SMILES string of the molecule is CS(=O)(=O)N1Cc2ccccc2C[C@@H]1N. The summed E-state index contributed by atoms with van der Waals surface area (Å²) in [4.78, 5) is 0. The molecule has 82 valence electrons. The van der Waals surface area contributed by atoms with Gasteiger partial charge in [0.15, 0.2) is 0 Å². The molecule has 0 unspecified atom stereocenters. The largest absolute Gasteiger partial charge is 0.315 e. The van der Waals surface area contributed by atoms with Gasteiger partial charge in [0.1, 0.15) is 0 Å². The zero-order chi connectivity index (χ0) is 11.1. The number of rotatable bonds is 1. The number of nitrogens with two attached hydrogens (primary N) is 1. The molecule has 0 bridgehead atoms. The van der Waals surface area contributed by atoms with Crippen molar-refractivity contribution < 1.29 is 8.42 Å². The average Bonchev–Trinajstić information content (AvgIpc) is 2.15. The van der Waals surface area contributed by atoms with Crippen molar-refractivity contribution in [3.8, 4) is 0 Å². The zero-order valence-corrected chi connectivity index (χ0v) is 9.37. The van der Waals surface area contributed by atoms with Gasteiger partial charge in [0.2, 0.25) is 10.0 Å². The number of sulfonamides is 1. The van der Waals surface area contributed by atoms with Crippen LogP contribution in [0.2, 0.25) is 0 Å². The van der Waals surface area contributed by atoms with Crippen molar-refractivity contribution in [1.29, 1.82) is 0 Å². The van der Waals surface area contributed by atoms with E-state index >= 15 is 0 Å². The minimum atomic E-state index is -3.21. The molecule has 1 atom stereocenters. The van der Waals surface area contributed by atoms with E-state index in [1.54, 1.807) is 0 Å². The summed E-state index contributed by atoms with van der Waals surface area (Å²) in [7, 11) is -3.21. The molecule has 15 heavy (non-hydrogen) atoms. The minimum Gasteiger partial charge on any atom is -0.315 e. The lowest BCUT2D eigenvalue weighted by atomic mass is 10.00. The Bertz CT molecular complexity index is 470. The van der Waals surface area contributed by atoms with Gasteiger partial charge in [-0.3, -0.25) is 0 Å². The Hall–Kier alpha value is -0.910. The summed E-state index contributed by atoms with van der Waals surface area (Å²) in [6, 6.07) is 7.80. The van der Waals surface area contributed by atoms with Crippen molar-refractivity contribution in [2.24, 2.45) is 5.73 Å². The first-order valence-corrected chi connectivity index (χ1v) is 6.62. The Labute approximate surface area is 89.7 Å². The lowest BCUT2D eigenvalue weighted by Gasteiger charge is -2.32. The summed E-state index contributed by atoms with van der Waals surface area (Å²) in [5.41, 5.74) is 8.02. The average molecular weight is 226 g/mol. The molecule has 0 amide bonds. The maximum atomic E-state index is 11.5. The number of hydrogen-bond acceptors (Lipinski definition) is 3. The van der Waals surface area contributed by atoms with E-state index in [4.69, 9.17) is 5.73 Å². The first-order valence-electron chi connectivity index (χ1n) is 4.77. The predicted octanol–water partition coefficient (Wildman–Crippen LogP) is 0.289. The van der Waals surface area contributed by atoms with Crippen molar-refractivity contribution in [2.75, 3.05) is 6.26 Å². The Morgan fingerprint density at radius 3 is 2.53 bits per heavy atom. The van der Waals surface area contributed by atoms with Crippen molar-refractivity contribution in [3.05, 3.63) is 35.4 Å². The van der Waals surface area contributed by atoms with Crippen LogP contribution in [0.15, 0.2) is 24.3 Å². The molecule has 2 N–H and O–H groups in total. The second-order valence-electron chi connectivity index (χ2n) is 3.85. The first-order chi connectivity index (χ1) is 6.98. The van der Waals surface area contributed by atoms with Gasteiger partial charge in [0.25, 0.3) is 0 Å². The molecule has 5 heteroatoms. The molecule has 1 aliphatic heterocycles. The second kappa shape index (κ2) is 3.59. The van der Waals surface area contributed by atoms with E-state index in [9.17, 15) is 8.42 Å². The van der Waals surface area contributed by atoms with Gasteiger partial charge >= 0.3 is 0 Å². The lowest BCUT2D eigenvalue weighted by molar-refractivity contribution is 0.300. The minimum absolute atomic E-state index is 0.385. The van der Waals surface area contributed by atoms with E-state index in [2.05, 4.69) is 0 Å². The molecule has 0 saturated carbocycles. The fourth-order valence-corrected chi connectivity index (χ4v) is 2.83. The van der Waals surface area contributed by atoms with Crippen LogP contribution in [-0.2, 0) is 23.0 Å². The topological polar surface area (TPSA) is 63.4 Å². The van der Waals surface area contributed by atoms with Gasteiger partial charge < -0.3 is 5.73 Å². The maximum Gasteiger partial charge on any atom is 0.212 e. The van der Waals surface area contributed by atoms with Crippen LogP contribution in [0.25, 0.3) is 0 Å². The monoisotopic (exact) mass is 226 g/mol. The Morgan fingerprint density at radius 1 is 1.33 bits per heavy atom. The van der Waals surface area contributed by atoms with Crippen molar-refractivity contribution in [1.82, 2.24) is 4.31 Å². The van der Waals surface area contributed by atoms with E-state index in [-0.39, 0.29) is 0 Å². The third-order valence-electron chi connectivity index (χ3n) is 2.67. The van der Waals surface area contributed by atoms with Gasteiger partial charge in [-0.05, 0) is 11.1 Å². The van der Waals surface area contributed by atoms with Crippen LogP contribution in [0, 0.1) is 0 Å². The van der Waals surface area contributed by atoms with Crippen LogP contribution in [-0.4, -0.2) is 25.1 Å². The molecule has 0 aromatic heterocycles. The normalized spacial score (nSPS) is 22.4. The van der Waals surface area contributed by atoms with Crippen LogP contribution in [0.5, 0.6) is 0 Å². The Morgan fingerprint density at radius 2 is 1.93 bits per heavy atom. The van der Waals surface area contributed by atoms with Gasteiger partial charge in [-0.25, -0.2) is 8.42 Å². The quantitative estimate of drug-likeness (QED) is 0.748. The van der Waals surface area contributed by atoms with Gasteiger partial charge in [-0.2, -0.15) is 4.31 Å². The molecule has 1 heterocycles. The number of benzene rings is 1. The zero-order valence-electron chi connectivity index (χ0n) is 8.55. The van der Waals surface area contributed by atoms with E-state index in [0.29, 0.717) is 13.0 Å². The third-order valence-corrected chi connectivity index (χ3v) is 3.92. The highest BCUT2D eigenvalue weighted by molar-refractivity contribution is 7.88. The molecule has 0 spiro atoms. The highest BCUT2D eigenvalue weighted by Gasteiger charge is 2.29. The van der Waals surface area contributed by atoms with Gasteiger partial charge in [-0.15, -0.1) is 0 Å². The molecule has 2 rings (SSSR count). The fraction of sp³-hybridized carbons (Fsp3) is 0.400. The summed E-state index contributed by atoms with van der Waals surface area (Å²) in [6.45, 7) is 0.385. The molecule has 1 aromatic carbocycles. The van der Waals surface area contributed by atoms with Crippen LogP contribution in [0.4, 0.5) is 0 Å². The van der Waals surface area contributed by atoms with Gasteiger partial charge in [0.05, 0.1) is 12.4 Å². The standard InChI is InChI=1S/C10H14N2O2S/c1-15(13,14)12-7-9-5-3-2-4-8(9)6-10(12)11/h2-5,10H,6-7,11H2,1H3/t10-/m1/s1. The molecule has 0 saturated heterocycles. The molecule has 0 radical (unpaired) electrons. The van der Waals surface area contributed by atoms with E-state index in [0.717, 1.165) is 11.1 Å². The van der Waals surface area contributed by atoms with Crippen molar-refractivity contribution in [2.45, 2.75) is 19.1 Å². The van der Waals surface area contributed by atoms with E-state index < -0.39 is 16.2 Å². The van der Waals surface area contributed by atoms with Gasteiger partial charge in [-0.1, -0.05) is 24.3 Å². The first kappa shape index (κ1) is 10.6. The molecule has 1 aliphatic rings. The highest BCUT2D eigenvalue weighted by atomic mass is 32.2. The Balaban J connectivity index is 2.38. The van der Waals surface area contributed by atoms with Gasteiger partial charge in [0, 0.05) is 13.0 Å². The van der Waals surface area contributed by atoms with Crippen molar-refractivity contribution in [3.63, 3.8) is 0 Å². The van der Waals surface area contributed by atoms with Crippen LogP contribution < -0.4 is 5.73 Å². The summed E-state index contributed by atoms with van der Waals surface area (Å²) >= 11 is 0. The number of fused-ring (bicyclic) bond motifs is 1. The van der Waals surface area contributed by atoms with E-state index in [1.165, 1.54) is 10.6 Å². The predicted molar refractivity (Wildman–Crippen MR) is 58.5 cm³/mol. The lowest BCUT2D eigenvalue weighted by Crippen LogP contribution is -2.48. The summed E-state index contributed by atoms with van der Waals surface area (Å²) in [5.74, 6) is 0. The van der Waals surface area contributed by atoms with Crippen LogP contribution in [0.1, 0.15) is 11.1 Å². The molecular weight excluding hydrogens is 212 g/mol. The molecule has 1 aromatic rings. The third kappa shape index (κ3) is 2.04. The Kier molecular flexibility index (Phi) is 2.54. The second-order valence-corrected chi connectivity index (χ2v) is 5.78. The summed E-state index contributed by atoms with van der Waals surface area (Å²) in [6.07, 6.45) is 1.35. The van der Waals surface area contributed by atoms with Crippen LogP contribution >= 0.6 is 0 Å². The summed E-state index contributed by atoms with van der Waals surface area (Å²) in [5, 5.41) is 0. The van der Waals surface area contributed by atoms with E-state index in [1.807, 2.05) is 24.3 Å². The summed E-state index contributed by atoms with van der Waals surface area (Å²) < 4.78 is 24.2. The molecular formula is C10H14N2O2S. The van der Waals surface area contributed by atoms with Crippen molar-refractivity contribution >= 4 is 10.0 Å².